The van der Waals surface area contributed by atoms with Crippen molar-refractivity contribution in [1.29, 1.82) is 5.26 Å². The third-order valence-corrected chi connectivity index (χ3v) is 3.09. The molecule has 0 heterocycles. The summed E-state index contributed by atoms with van der Waals surface area (Å²) in [6.07, 6.45) is 0. The molecule has 0 aromatic carbocycles. The number of hydrogen-bond acceptors (Lipinski definition) is 3. The molecule has 0 spiro atoms. The lowest BCUT2D eigenvalue weighted by atomic mass is 9.90. The number of likely N-dealkylation sites (N-methyl/N-ethyl adjacent to an activating group) is 1. The maximum Gasteiger partial charge on any atom is 0.235 e. The molecule has 0 aliphatic heterocycles. The number of rotatable bonds is 7. The summed E-state index contributed by atoms with van der Waals surface area (Å²) in [5, 5.41) is 12.0. The van der Waals surface area contributed by atoms with Crippen LogP contribution in [0.15, 0.2) is 12.2 Å². The van der Waals surface area contributed by atoms with Gasteiger partial charge in [0.15, 0.2) is 0 Å². The molecule has 0 aromatic heterocycles. The maximum absolute atomic E-state index is 11.9. The van der Waals surface area contributed by atoms with Crippen LogP contribution in [-0.2, 0) is 4.79 Å². The third-order valence-electron chi connectivity index (χ3n) is 3.09. The van der Waals surface area contributed by atoms with Crippen LogP contribution < -0.4 is 5.32 Å². The highest BCUT2D eigenvalue weighted by molar-refractivity contribution is 5.79. The van der Waals surface area contributed by atoms with Gasteiger partial charge < -0.3 is 5.32 Å². The highest BCUT2D eigenvalue weighted by Gasteiger charge is 2.30. The summed E-state index contributed by atoms with van der Waals surface area (Å²) < 4.78 is 0. The van der Waals surface area contributed by atoms with Crippen molar-refractivity contribution in [2.24, 2.45) is 5.92 Å². The fourth-order valence-electron chi connectivity index (χ4n) is 1.49. The van der Waals surface area contributed by atoms with Gasteiger partial charge in [-0.3, -0.25) is 9.69 Å². The second kappa shape index (κ2) is 7.17. The Bertz CT molecular complexity index is 343. The molecule has 0 radical (unpaired) electrons. The van der Waals surface area contributed by atoms with E-state index in [2.05, 4.69) is 18.0 Å². The van der Waals surface area contributed by atoms with E-state index in [1.807, 2.05) is 32.6 Å². The van der Waals surface area contributed by atoms with Gasteiger partial charge in [0, 0.05) is 6.54 Å². The van der Waals surface area contributed by atoms with Gasteiger partial charge in [-0.15, -0.1) is 0 Å². The van der Waals surface area contributed by atoms with Crippen molar-refractivity contribution in [2.45, 2.75) is 40.2 Å². The molecule has 1 unspecified atom stereocenters. The first-order chi connectivity index (χ1) is 8.25. The summed E-state index contributed by atoms with van der Waals surface area (Å²) >= 11 is 0. The van der Waals surface area contributed by atoms with E-state index in [0.29, 0.717) is 13.1 Å². The Balaban J connectivity index is 4.50. The van der Waals surface area contributed by atoms with Gasteiger partial charge in [0.2, 0.25) is 5.91 Å². The minimum Gasteiger partial charge on any atom is -0.337 e. The van der Waals surface area contributed by atoms with Gasteiger partial charge in [-0.2, -0.15) is 5.26 Å². The van der Waals surface area contributed by atoms with Crippen LogP contribution in [0.5, 0.6) is 0 Å². The van der Waals surface area contributed by atoms with Crippen molar-refractivity contribution in [2.75, 3.05) is 19.6 Å². The molecule has 0 aliphatic carbocycles. The summed E-state index contributed by atoms with van der Waals surface area (Å²) in [7, 11) is 0. The molecule has 0 rings (SSSR count). The van der Waals surface area contributed by atoms with E-state index >= 15 is 0 Å². The lowest BCUT2D eigenvalue weighted by Crippen LogP contribution is -2.51. The quantitative estimate of drug-likeness (QED) is 0.703. The molecular formula is C14H25N3O. The average Bonchev–Trinajstić information content (AvgIpc) is 2.26. The lowest BCUT2D eigenvalue weighted by Gasteiger charge is -2.29. The number of amides is 1. The fraction of sp³-hybridized carbons (Fsp3) is 0.714. The van der Waals surface area contributed by atoms with E-state index in [0.717, 1.165) is 12.1 Å². The molecular weight excluding hydrogens is 226 g/mol. The topological polar surface area (TPSA) is 56.1 Å². The molecule has 0 fully saturated rings. The molecule has 102 valence electrons. The number of carbonyl (C=O) groups is 1. The summed E-state index contributed by atoms with van der Waals surface area (Å²) in [6.45, 7) is 15.2. The number of nitrogens with zero attached hydrogens (tertiary/aromatic N) is 2. The first-order valence-corrected chi connectivity index (χ1v) is 6.34. The van der Waals surface area contributed by atoms with Crippen molar-refractivity contribution in [3.8, 4) is 6.07 Å². The Morgan fingerprint density at radius 3 is 2.39 bits per heavy atom. The Morgan fingerprint density at radius 2 is 2.06 bits per heavy atom. The molecule has 1 amide bonds. The molecule has 0 aliphatic rings. The highest BCUT2D eigenvalue weighted by atomic mass is 16.2. The van der Waals surface area contributed by atoms with Crippen molar-refractivity contribution in [3.63, 3.8) is 0 Å². The van der Waals surface area contributed by atoms with Crippen LogP contribution in [-0.4, -0.2) is 36.0 Å². The summed E-state index contributed by atoms with van der Waals surface area (Å²) in [4.78, 5) is 13.9. The van der Waals surface area contributed by atoms with Crippen LogP contribution in [0.25, 0.3) is 0 Å². The smallest absolute Gasteiger partial charge is 0.235 e. The molecule has 0 saturated heterocycles. The molecule has 4 nitrogen and oxygen atoms in total. The predicted molar refractivity (Wildman–Crippen MR) is 73.9 cm³/mol. The van der Waals surface area contributed by atoms with Crippen LogP contribution in [0.1, 0.15) is 34.6 Å². The van der Waals surface area contributed by atoms with E-state index in [-0.39, 0.29) is 11.8 Å². The van der Waals surface area contributed by atoms with Crippen molar-refractivity contribution in [3.05, 3.63) is 12.2 Å². The zero-order valence-electron chi connectivity index (χ0n) is 12.2. The third kappa shape index (κ3) is 5.33. The Labute approximate surface area is 111 Å². The molecule has 0 bridgehead atoms. The predicted octanol–water partition coefficient (Wildman–Crippen LogP) is 1.94. The Morgan fingerprint density at radius 1 is 1.50 bits per heavy atom. The van der Waals surface area contributed by atoms with Crippen LogP contribution in [0.4, 0.5) is 0 Å². The molecule has 18 heavy (non-hydrogen) atoms. The summed E-state index contributed by atoms with van der Waals surface area (Å²) in [5.74, 6) is -0.0430. The standard InChI is InChI=1S/C14H25N3O/c1-7-17(8-11(2)3)9-13(18)16-14(6,10-15)12(4)5/h12H,2,7-9H2,1,3-6H3,(H,16,18). The van der Waals surface area contributed by atoms with E-state index < -0.39 is 5.54 Å². The first kappa shape index (κ1) is 16.7. The average molecular weight is 251 g/mol. The molecule has 0 aromatic rings. The number of nitriles is 1. The van der Waals surface area contributed by atoms with Gasteiger partial charge in [-0.25, -0.2) is 0 Å². The van der Waals surface area contributed by atoms with Crippen LogP contribution in [0.2, 0.25) is 0 Å². The number of carbonyl (C=O) groups excluding carboxylic acids is 1. The van der Waals surface area contributed by atoms with Gasteiger partial charge in [0.1, 0.15) is 5.54 Å². The Kier molecular flexibility index (Phi) is 6.64. The summed E-state index contributed by atoms with van der Waals surface area (Å²) in [5.41, 5.74) is 0.219. The van der Waals surface area contributed by atoms with Crippen LogP contribution >= 0.6 is 0 Å². The zero-order chi connectivity index (χ0) is 14.3. The fourth-order valence-corrected chi connectivity index (χ4v) is 1.49. The van der Waals surface area contributed by atoms with Gasteiger partial charge in [-0.05, 0) is 26.3 Å². The van der Waals surface area contributed by atoms with E-state index in [4.69, 9.17) is 5.26 Å². The first-order valence-electron chi connectivity index (χ1n) is 6.34. The molecule has 0 saturated carbocycles. The van der Waals surface area contributed by atoms with Crippen molar-refractivity contribution < 1.29 is 4.79 Å². The van der Waals surface area contributed by atoms with Gasteiger partial charge in [0.05, 0.1) is 12.6 Å². The van der Waals surface area contributed by atoms with Gasteiger partial charge >= 0.3 is 0 Å². The van der Waals surface area contributed by atoms with Crippen molar-refractivity contribution >= 4 is 5.91 Å². The van der Waals surface area contributed by atoms with Crippen molar-refractivity contribution in [1.82, 2.24) is 10.2 Å². The Hall–Kier alpha value is -1.34. The van der Waals surface area contributed by atoms with Gasteiger partial charge in [0.25, 0.3) is 0 Å². The number of nitrogens with one attached hydrogen (secondary N) is 1. The molecule has 1 N–H and O–H groups in total. The lowest BCUT2D eigenvalue weighted by molar-refractivity contribution is -0.123. The molecule has 1 atom stereocenters. The highest BCUT2D eigenvalue weighted by Crippen LogP contribution is 2.14. The van der Waals surface area contributed by atoms with E-state index in [9.17, 15) is 4.79 Å². The second-order valence-corrected chi connectivity index (χ2v) is 5.28. The second-order valence-electron chi connectivity index (χ2n) is 5.28. The maximum atomic E-state index is 11.9. The van der Waals surface area contributed by atoms with Gasteiger partial charge in [-0.1, -0.05) is 32.9 Å². The number of hydrogen-bond donors (Lipinski definition) is 1. The van der Waals surface area contributed by atoms with E-state index in [1.54, 1.807) is 6.92 Å². The van der Waals surface area contributed by atoms with Crippen LogP contribution in [0, 0.1) is 17.2 Å². The summed E-state index contributed by atoms with van der Waals surface area (Å²) in [6, 6.07) is 2.17. The largest absolute Gasteiger partial charge is 0.337 e. The zero-order valence-corrected chi connectivity index (χ0v) is 12.2. The van der Waals surface area contributed by atoms with E-state index in [1.165, 1.54) is 0 Å². The SMILES string of the molecule is C=C(C)CN(CC)CC(=O)NC(C)(C#N)C(C)C. The monoisotopic (exact) mass is 251 g/mol. The normalized spacial score (nSPS) is 14.1. The minimum atomic E-state index is -0.806. The molecule has 4 heteroatoms. The van der Waals surface area contributed by atoms with Crippen LogP contribution in [0.3, 0.4) is 0 Å². The minimum absolute atomic E-state index is 0.0719.